The highest BCUT2D eigenvalue weighted by Gasteiger charge is 2.41. The zero-order valence-corrected chi connectivity index (χ0v) is 17.1. The number of benzene rings is 1. The standard InChI is InChI=1S/C18H23N3O6Si/c1-13-19(11-14-6-5-7-15(10-14)21(25)26)17(23)18(24)20(13)12-16(22)27-8-9-28(2,3)4/h5-7,10H,1,8-9,11-12H2,2-4H3. The molecule has 0 spiro atoms. The average Bonchev–Trinajstić information content (AvgIpc) is 2.79. The summed E-state index contributed by atoms with van der Waals surface area (Å²) in [6, 6.07) is 6.54. The topological polar surface area (TPSA) is 110 Å². The van der Waals surface area contributed by atoms with Crippen molar-refractivity contribution in [3.63, 3.8) is 0 Å². The number of carbonyl (C=O) groups excluding carboxylic acids is 3. The van der Waals surface area contributed by atoms with Gasteiger partial charge in [0.25, 0.3) is 5.69 Å². The van der Waals surface area contributed by atoms with Gasteiger partial charge in [-0.25, -0.2) is 0 Å². The van der Waals surface area contributed by atoms with E-state index in [0.717, 1.165) is 15.8 Å². The number of nitro benzene ring substituents is 1. The van der Waals surface area contributed by atoms with Crippen molar-refractivity contribution in [3.05, 3.63) is 52.3 Å². The maximum absolute atomic E-state index is 12.3. The van der Waals surface area contributed by atoms with Crippen LogP contribution in [0.4, 0.5) is 5.69 Å². The van der Waals surface area contributed by atoms with Gasteiger partial charge in [-0.15, -0.1) is 0 Å². The average molecular weight is 405 g/mol. The van der Waals surface area contributed by atoms with Crippen LogP contribution in [-0.4, -0.2) is 53.7 Å². The van der Waals surface area contributed by atoms with Crippen LogP contribution >= 0.6 is 0 Å². The first-order valence-electron chi connectivity index (χ1n) is 8.71. The van der Waals surface area contributed by atoms with Crippen LogP contribution in [0.1, 0.15) is 5.56 Å². The van der Waals surface area contributed by atoms with Gasteiger partial charge >= 0.3 is 17.8 Å². The fourth-order valence-electron chi connectivity index (χ4n) is 2.53. The minimum atomic E-state index is -1.36. The minimum absolute atomic E-state index is 0.0450. The molecule has 0 aromatic heterocycles. The third-order valence-electron chi connectivity index (χ3n) is 4.16. The van der Waals surface area contributed by atoms with Crippen LogP contribution in [0.2, 0.25) is 25.7 Å². The molecule has 1 aromatic rings. The molecule has 0 saturated carbocycles. The second-order valence-electron chi connectivity index (χ2n) is 7.66. The quantitative estimate of drug-likeness (QED) is 0.215. The smallest absolute Gasteiger partial charge is 0.326 e. The fourth-order valence-corrected chi connectivity index (χ4v) is 3.25. The van der Waals surface area contributed by atoms with Crippen molar-refractivity contribution in [2.45, 2.75) is 32.2 Å². The molecule has 1 fully saturated rings. The van der Waals surface area contributed by atoms with Crippen LogP contribution in [0.5, 0.6) is 0 Å². The van der Waals surface area contributed by atoms with Crippen LogP contribution in [0.3, 0.4) is 0 Å². The first-order chi connectivity index (χ1) is 13.0. The fraction of sp³-hybridized carbons (Fsp3) is 0.389. The van der Waals surface area contributed by atoms with E-state index in [0.29, 0.717) is 5.56 Å². The predicted octanol–water partition coefficient (Wildman–Crippen LogP) is 2.12. The van der Waals surface area contributed by atoms with Crippen molar-refractivity contribution in [2.75, 3.05) is 13.2 Å². The lowest BCUT2D eigenvalue weighted by Crippen LogP contribution is -2.33. The number of ether oxygens (including phenoxy) is 1. The van der Waals surface area contributed by atoms with Crippen LogP contribution < -0.4 is 0 Å². The second kappa shape index (κ2) is 8.34. The molecule has 150 valence electrons. The number of nitrogens with zero attached hydrogens (tertiary/aromatic N) is 3. The van der Waals surface area contributed by atoms with Crippen molar-refractivity contribution < 1.29 is 24.0 Å². The summed E-state index contributed by atoms with van der Waals surface area (Å²) in [6.45, 7) is 9.98. The van der Waals surface area contributed by atoms with Gasteiger partial charge in [-0.2, -0.15) is 0 Å². The van der Waals surface area contributed by atoms with Crippen LogP contribution in [-0.2, 0) is 25.7 Å². The molecule has 1 aromatic carbocycles. The Kier molecular flexibility index (Phi) is 6.34. The molecule has 0 bridgehead atoms. The molecule has 1 aliphatic rings. The zero-order chi connectivity index (χ0) is 21.1. The van der Waals surface area contributed by atoms with E-state index < -0.39 is 37.3 Å². The van der Waals surface area contributed by atoms with Gasteiger partial charge in [0.05, 0.1) is 18.1 Å². The summed E-state index contributed by atoms with van der Waals surface area (Å²) in [7, 11) is -1.36. The summed E-state index contributed by atoms with van der Waals surface area (Å²) >= 11 is 0. The molecule has 9 nitrogen and oxygen atoms in total. The van der Waals surface area contributed by atoms with Gasteiger partial charge in [-0.05, 0) is 11.6 Å². The highest BCUT2D eigenvalue weighted by atomic mass is 28.3. The van der Waals surface area contributed by atoms with Gasteiger partial charge in [0, 0.05) is 20.2 Å². The lowest BCUT2D eigenvalue weighted by Gasteiger charge is -2.20. The third-order valence-corrected chi connectivity index (χ3v) is 5.86. The molecule has 1 saturated heterocycles. The summed E-state index contributed by atoms with van der Waals surface area (Å²) < 4.78 is 5.16. The van der Waals surface area contributed by atoms with Gasteiger partial charge in [0.15, 0.2) is 0 Å². The molecule has 0 N–H and O–H groups in total. The Bertz CT molecular complexity index is 833. The highest BCUT2D eigenvalue weighted by Crippen LogP contribution is 2.23. The third kappa shape index (κ3) is 5.25. The lowest BCUT2D eigenvalue weighted by atomic mass is 10.2. The summed E-state index contributed by atoms with van der Waals surface area (Å²) in [4.78, 5) is 48.9. The number of esters is 1. The van der Waals surface area contributed by atoms with E-state index in [9.17, 15) is 24.5 Å². The highest BCUT2D eigenvalue weighted by molar-refractivity contribution is 6.76. The predicted molar refractivity (Wildman–Crippen MR) is 104 cm³/mol. The molecule has 1 aliphatic heterocycles. The van der Waals surface area contributed by atoms with Gasteiger partial charge in [0.1, 0.15) is 12.4 Å². The number of nitro groups is 1. The molecular weight excluding hydrogens is 382 g/mol. The Balaban J connectivity index is 2.02. The second-order valence-corrected chi connectivity index (χ2v) is 13.3. The minimum Gasteiger partial charge on any atom is -0.465 e. The molecular formula is C18H23N3O6Si. The Hall–Kier alpha value is -3.01. The monoisotopic (exact) mass is 405 g/mol. The summed E-state index contributed by atoms with van der Waals surface area (Å²) in [6.07, 6.45) is 0. The van der Waals surface area contributed by atoms with E-state index in [2.05, 4.69) is 26.2 Å². The number of amides is 2. The van der Waals surface area contributed by atoms with Crippen molar-refractivity contribution >= 4 is 31.5 Å². The number of non-ortho nitro benzene ring substituents is 1. The zero-order valence-electron chi connectivity index (χ0n) is 16.1. The van der Waals surface area contributed by atoms with E-state index in [1.165, 1.54) is 18.2 Å². The summed E-state index contributed by atoms with van der Waals surface area (Å²) in [5.74, 6) is -2.29. The molecule has 2 rings (SSSR count). The Morgan fingerprint density at radius 2 is 1.86 bits per heavy atom. The Morgan fingerprint density at radius 3 is 2.46 bits per heavy atom. The summed E-state index contributed by atoms with van der Waals surface area (Å²) in [5.41, 5.74) is 0.347. The number of carbonyl (C=O) groups is 3. The summed E-state index contributed by atoms with van der Waals surface area (Å²) in [5, 5.41) is 10.9. The number of hydrogen-bond donors (Lipinski definition) is 0. The maximum atomic E-state index is 12.3. The first-order valence-corrected chi connectivity index (χ1v) is 12.4. The SMILES string of the molecule is C=C1N(CC(=O)OCC[Si](C)(C)C)C(=O)C(=O)N1Cc1cccc([N+](=O)[O-])c1. The van der Waals surface area contributed by atoms with E-state index in [-0.39, 0.29) is 24.7 Å². The van der Waals surface area contributed by atoms with E-state index >= 15 is 0 Å². The van der Waals surface area contributed by atoms with E-state index in [4.69, 9.17) is 4.74 Å². The number of hydrogen-bond acceptors (Lipinski definition) is 6. The molecule has 0 atom stereocenters. The van der Waals surface area contributed by atoms with Crippen LogP contribution in [0.25, 0.3) is 0 Å². The van der Waals surface area contributed by atoms with E-state index in [1.54, 1.807) is 6.07 Å². The largest absolute Gasteiger partial charge is 0.465 e. The molecule has 28 heavy (non-hydrogen) atoms. The number of rotatable bonds is 8. The van der Waals surface area contributed by atoms with Crippen LogP contribution in [0.15, 0.2) is 36.7 Å². The van der Waals surface area contributed by atoms with Gasteiger partial charge < -0.3 is 4.74 Å². The van der Waals surface area contributed by atoms with E-state index in [1.807, 2.05) is 0 Å². The van der Waals surface area contributed by atoms with Gasteiger partial charge in [-0.3, -0.25) is 34.3 Å². The maximum Gasteiger partial charge on any atom is 0.326 e. The van der Waals surface area contributed by atoms with Gasteiger partial charge in [0.2, 0.25) is 0 Å². The Morgan fingerprint density at radius 1 is 1.21 bits per heavy atom. The van der Waals surface area contributed by atoms with Crippen molar-refractivity contribution in [1.82, 2.24) is 9.80 Å². The first kappa shape index (κ1) is 21.3. The molecule has 0 aliphatic carbocycles. The van der Waals surface area contributed by atoms with Crippen molar-refractivity contribution in [1.29, 1.82) is 0 Å². The van der Waals surface area contributed by atoms with Crippen molar-refractivity contribution in [3.8, 4) is 0 Å². The molecule has 10 heteroatoms. The van der Waals surface area contributed by atoms with Crippen LogP contribution in [0, 0.1) is 10.1 Å². The lowest BCUT2D eigenvalue weighted by molar-refractivity contribution is -0.384. The van der Waals surface area contributed by atoms with Gasteiger partial charge in [-0.1, -0.05) is 38.4 Å². The Labute approximate surface area is 163 Å². The molecule has 0 unspecified atom stereocenters. The molecule has 0 radical (unpaired) electrons. The normalized spacial score (nSPS) is 14.6. The molecule has 2 amide bonds. The van der Waals surface area contributed by atoms with Crippen molar-refractivity contribution in [2.24, 2.45) is 0 Å². The molecule has 1 heterocycles.